The van der Waals surface area contributed by atoms with Crippen LogP contribution >= 0.6 is 0 Å². The van der Waals surface area contributed by atoms with Gasteiger partial charge >= 0.3 is 0 Å². The largest absolute Gasteiger partial charge is 0.361 e. The van der Waals surface area contributed by atoms with E-state index >= 15 is 0 Å². The molecule has 25 heavy (non-hydrogen) atoms. The molecule has 0 aliphatic heterocycles. The predicted octanol–water partition coefficient (Wildman–Crippen LogP) is 2.88. The Kier molecular flexibility index (Phi) is 5.14. The molecule has 128 valence electrons. The first kappa shape index (κ1) is 16.8. The molecule has 0 saturated carbocycles. The van der Waals surface area contributed by atoms with Gasteiger partial charge in [0.25, 0.3) is 0 Å². The summed E-state index contributed by atoms with van der Waals surface area (Å²) in [4.78, 5) is 29.4. The highest BCUT2D eigenvalue weighted by molar-refractivity contribution is 5.97. The van der Waals surface area contributed by atoms with Crippen molar-refractivity contribution in [1.29, 1.82) is 0 Å². The van der Waals surface area contributed by atoms with Crippen LogP contribution in [0.4, 0.5) is 5.69 Å². The minimum Gasteiger partial charge on any atom is -0.361 e. The Morgan fingerprint density at radius 3 is 2.52 bits per heavy atom. The van der Waals surface area contributed by atoms with Crippen LogP contribution in [0.15, 0.2) is 60.8 Å². The van der Waals surface area contributed by atoms with Gasteiger partial charge in [0.2, 0.25) is 11.8 Å². The standard InChI is InChI=1S/C20H21N3O2/c1-2-23(16-8-4-3-5-9-16)20(25)14-22-19(24)12-15-13-21-18-11-7-6-10-17(15)18/h3-11,13,21H,2,12,14H2,1H3,(H,22,24). The van der Waals surface area contributed by atoms with Crippen molar-refractivity contribution in [2.24, 2.45) is 0 Å². The van der Waals surface area contributed by atoms with Crippen LogP contribution in [-0.2, 0) is 16.0 Å². The van der Waals surface area contributed by atoms with Gasteiger partial charge in [0, 0.05) is 29.3 Å². The molecule has 3 rings (SSSR count). The molecule has 0 spiro atoms. The van der Waals surface area contributed by atoms with Crippen LogP contribution in [0, 0.1) is 0 Å². The van der Waals surface area contributed by atoms with Crippen LogP contribution in [0.2, 0.25) is 0 Å². The monoisotopic (exact) mass is 335 g/mol. The summed E-state index contributed by atoms with van der Waals surface area (Å²) in [5, 5.41) is 3.76. The number of aromatic nitrogens is 1. The van der Waals surface area contributed by atoms with E-state index in [0.717, 1.165) is 22.2 Å². The molecule has 0 saturated heterocycles. The van der Waals surface area contributed by atoms with Gasteiger partial charge in [-0.1, -0.05) is 36.4 Å². The Bertz CT molecular complexity index is 871. The Balaban J connectivity index is 1.59. The quantitative estimate of drug-likeness (QED) is 0.727. The molecule has 2 amide bonds. The number of para-hydroxylation sites is 2. The number of aromatic amines is 1. The van der Waals surface area contributed by atoms with Gasteiger partial charge < -0.3 is 15.2 Å². The molecule has 0 atom stereocenters. The van der Waals surface area contributed by atoms with Crippen LogP contribution in [-0.4, -0.2) is 29.9 Å². The molecule has 1 heterocycles. The van der Waals surface area contributed by atoms with Crippen molar-refractivity contribution < 1.29 is 9.59 Å². The average Bonchev–Trinajstić information content (AvgIpc) is 3.04. The number of fused-ring (bicyclic) bond motifs is 1. The summed E-state index contributed by atoms with van der Waals surface area (Å²) >= 11 is 0. The Morgan fingerprint density at radius 1 is 1.04 bits per heavy atom. The number of hydrogen-bond donors (Lipinski definition) is 2. The summed E-state index contributed by atoms with van der Waals surface area (Å²) in [6.45, 7) is 2.46. The number of rotatable bonds is 6. The molecule has 2 N–H and O–H groups in total. The van der Waals surface area contributed by atoms with E-state index in [-0.39, 0.29) is 24.8 Å². The van der Waals surface area contributed by atoms with Crippen molar-refractivity contribution in [2.45, 2.75) is 13.3 Å². The topological polar surface area (TPSA) is 65.2 Å². The average molecular weight is 335 g/mol. The maximum Gasteiger partial charge on any atom is 0.246 e. The Labute approximate surface area is 146 Å². The second-order valence-electron chi connectivity index (χ2n) is 5.79. The molecular formula is C20H21N3O2. The second-order valence-corrected chi connectivity index (χ2v) is 5.79. The van der Waals surface area contributed by atoms with Gasteiger partial charge in [0.15, 0.2) is 0 Å². The molecule has 5 heteroatoms. The van der Waals surface area contributed by atoms with Gasteiger partial charge in [0.05, 0.1) is 13.0 Å². The van der Waals surface area contributed by atoms with Crippen molar-refractivity contribution in [3.63, 3.8) is 0 Å². The van der Waals surface area contributed by atoms with E-state index in [4.69, 9.17) is 0 Å². The van der Waals surface area contributed by atoms with Crippen molar-refractivity contribution in [3.8, 4) is 0 Å². The van der Waals surface area contributed by atoms with E-state index < -0.39 is 0 Å². The van der Waals surface area contributed by atoms with Gasteiger partial charge in [-0.25, -0.2) is 0 Å². The number of benzene rings is 2. The summed E-state index contributed by atoms with van der Waals surface area (Å²) in [5.74, 6) is -0.289. The maximum atomic E-state index is 12.4. The molecule has 3 aromatic rings. The zero-order chi connectivity index (χ0) is 17.6. The molecule has 2 aromatic carbocycles. The predicted molar refractivity (Wildman–Crippen MR) is 99.5 cm³/mol. The van der Waals surface area contributed by atoms with Crippen LogP contribution in [0.5, 0.6) is 0 Å². The summed E-state index contributed by atoms with van der Waals surface area (Å²) < 4.78 is 0. The molecular weight excluding hydrogens is 314 g/mol. The van der Waals surface area contributed by atoms with Crippen molar-refractivity contribution in [1.82, 2.24) is 10.3 Å². The molecule has 5 nitrogen and oxygen atoms in total. The zero-order valence-corrected chi connectivity index (χ0v) is 14.2. The number of hydrogen-bond acceptors (Lipinski definition) is 2. The molecule has 0 radical (unpaired) electrons. The smallest absolute Gasteiger partial charge is 0.246 e. The number of nitrogens with one attached hydrogen (secondary N) is 2. The number of likely N-dealkylation sites (N-methyl/N-ethyl adjacent to an activating group) is 1. The minimum absolute atomic E-state index is 0.01000. The Hall–Kier alpha value is -3.08. The third-order valence-corrected chi connectivity index (χ3v) is 4.15. The first-order valence-electron chi connectivity index (χ1n) is 8.36. The number of nitrogens with zero attached hydrogens (tertiary/aromatic N) is 1. The number of amides is 2. The molecule has 0 unspecified atom stereocenters. The van der Waals surface area contributed by atoms with E-state index in [1.54, 1.807) is 4.90 Å². The summed E-state index contributed by atoms with van der Waals surface area (Å²) in [7, 11) is 0. The Morgan fingerprint density at radius 2 is 1.76 bits per heavy atom. The first-order chi connectivity index (χ1) is 12.2. The van der Waals surface area contributed by atoms with Gasteiger partial charge in [-0.2, -0.15) is 0 Å². The SMILES string of the molecule is CCN(C(=O)CNC(=O)Cc1c[nH]c2ccccc12)c1ccccc1. The van der Waals surface area contributed by atoms with E-state index in [2.05, 4.69) is 10.3 Å². The van der Waals surface area contributed by atoms with Crippen LogP contribution < -0.4 is 10.2 Å². The lowest BCUT2D eigenvalue weighted by Gasteiger charge is -2.21. The molecule has 0 aliphatic carbocycles. The molecule has 0 bridgehead atoms. The lowest BCUT2D eigenvalue weighted by molar-refractivity contribution is -0.124. The van der Waals surface area contributed by atoms with E-state index in [1.165, 1.54) is 0 Å². The number of carbonyl (C=O) groups excluding carboxylic acids is 2. The minimum atomic E-state index is -0.165. The summed E-state index contributed by atoms with van der Waals surface area (Å²) in [5.41, 5.74) is 2.76. The van der Waals surface area contributed by atoms with Crippen molar-refractivity contribution >= 4 is 28.4 Å². The fourth-order valence-electron chi connectivity index (χ4n) is 2.89. The third-order valence-electron chi connectivity index (χ3n) is 4.15. The number of carbonyl (C=O) groups is 2. The van der Waals surface area contributed by atoms with Gasteiger partial charge in [-0.15, -0.1) is 0 Å². The van der Waals surface area contributed by atoms with Crippen molar-refractivity contribution in [2.75, 3.05) is 18.0 Å². The van der Waals surface area contributed by atoms with Gasteiger partial charge in [-0.05, 0) is 30.7 Å². The molecule has 1 aromatic heterocycles. The lowest BCUT2D eigenvalue weighted by atomic mass is 10.1. The fraction of sp³-hybridized carbons (Fsp3) is 0.200. The van der Waals surface area contributed by atoms with E-state index in [1.807, 2.05) is 67.7 Å². The molecule has 0 aliphatic rings. The van der Waals surface area contributed by atoms with Crippen LogP contribution in [0.3, 0.4) is 0 Å². The highest BCUT2D eigenvalue weighted by atomic mass is 16.2. The van der Waals surface area contributed by atoms with Crippen molar-refractivity contribution in [3.05, 3.63) is 66.4 Å². The second kappa shape index (κ2) is 7.66. The number of H-pyrrole nitrogens is 1. The number of anilines is 1. The maximum absolute atomic E-state index is 12.4. The molecule has 0 fully saturated rings. The third kappa shape index (κ3) is 3.88. The van der Waals surface area contributed by atoms with Gasteiger partial charge in [-0.3, -0.25) is 9.59 Å². The highest BCUT2D eigenvalue weighted by Gasteiger charge is 2.15. The van der Waals surface area contributed by atoms with E-state index in [9.17, 15) is 9.59 Å². The highest BCUT2D eigenvalue weighted by Crippen LogP contribution is 2.18. The van der Waals surface area contributed by atoms with E-state index in [0.29, 0.717) is 6.54 Å². The normalized spacial score (nSPS) is 10.6. The summed E-state index contributed by atoms with van der Waals surface area (Å²) in [6.07, 6.45) is 2.09. The lowest BCUT2D eigenvalue weighted by Crippen LogP contribution is -2.40. The van der Waals surface area contributed by atoms with Gasteiger partial charge in [0.1, 0.15) is 0 Å². The zero-order valence-electron chi connectivity index (χ0n) is 14.2. The van der Waals surface area contributed by atoms with Crippen LogP contribution in [0.25, 0.3) is 10.9 Å². The summed E-state index contributed by atoms with van der Waals surface area (Å²) in [6, 6.07) is 17.3. The van der Waals surface area contributed by atoms with Crippen LogP contribution in [0.1, 0.15) is 12.5 Å². The fourth-order valence-corrected chi connectivity index (χ4v) is 2.89. The first-order valence-corrected chi connectivity index (χ1v) is 8.36.